The topological polar surface area (TPSA) is 100 Å². The van der Waals surface area contributed by atoms with Gasteiger partial charge in [-0.05, 0) is 19.8 Å². The van der Waals surface area contributed by atoms with Crippen molar-refractivity contribution in [2.75, 3.05) is 13.2 Å². The van der Waals surface area contributed by atoms with Crippen molar-refractivity contribution in [1.82, 2.24) is 0 Å². The van der Waals surface area contributed by atoms with Crippen LogP contribution < -0.4 is 5.73 Å². The van der Waals surface area contributed by atoms with Crippen LogP contribution in [0.1, 0.15) is 26.2 Å². The van der Waals surface area contributed by atoms with E-state index >= 15 is 0 Å². The molecule has 0 aromatic carbocycles. The normalized spacial score (nSPS) is 38.2. The Bertz CT molecular complexity index is 313. The van der Waals surface area contributed by atoms with E-state index in [0.29, 0.717) is 13.0 Å². The lowest BCUT2D eigenvalue weighted by Crippen LogP contribution is -2.61. The molecule has 0 radical (unpaired) electrons. The molecular formula is C12H21NO6. The Morgan fingerprint density at radius 2 is 2.26 bits per heavy atom. The number of fused-ring (bicyclic) bond motifs is 1. The summed E-state index contributed by atoms with van der Waals surface area (Å²) in [5, 5.41) is 9.96. The molecule has 110 valence electrons. The minimum Gasteiger partial charge on any atom is -0.388 e. The van der Waals surface area contributed by atoms with Crippen molar-refractivity contribution in [2.45, 2.75) is 56.8 Å². The fourth-order valence-corrected chi connectivity index (χ4v) is 2.20. The molecule has 0 aliphatic carbocycles. The molecule has 2 fully saturated rings. The summed E-state index contributed by atoms with van der Waals surface area (Å²) in [7, 11) is 0. The van der Waals surface area contributed by atoms with E-state index in [0.717, 1.165) is 12.8 Å². The van der Waals surface area contributed by atoms with Crippen molar-refractivity contribution in [1.29, 1.82) is 0 Å². The van der Waals surface area contributed by atoms with Gasteiger partial charge in [-0.25, -0.2) is 9.78 Å². The number of hydrogen-bond donors (Lipinski definition) is 2. The Hall–Kier alpha value is -0.570. The van der Waals surface area contributed by atoms with Crippen LogP contribution in [0.25, 0.3) is 0 Å². The van der Waals surface area contributed by atoms with Gasteiger partial charge in [0.05, 0.1) is 6.04 Å². The predicted octanol–water partition coefficient (Wildman–Crippen LogP) is -0.494. The van der Waals surface area contributed by atoms with Gasteiger partial charge in [-0.2, -0.15) is 0 Å². The lowest BCUT2D eigenvalue weighted by Gasteiger charge is -2.38. The van der Waals surface area contributed by atoms with Crippen LogP contribution in [0, 0.1) is 0 Å². The van der Waals surface area contributed by atoms with Gasteiger partial charge in [0.15, 0.2) is 6.29 Å². The van der Waals surface area contributed by atoms with Crippen molar-refractivity contribution in [3.8, 4) is 0 Å². The molecule has 0 bridgehead atoms. The Morgan fingerprint density at radius 1 is 1.47 bits per heavy atom. The molecule has 2 rings (SSSR count). The summed E-state index contributed by atoms with van der Waals surface area (Å²) in [6.45, 7) is 2.27. The number of aliphatic hydroxyl groups excluding tert-OH is 1. The molecular weight excluding hydrogens is 254 g/mol. The Kier molecular flexibility index (Phi) is 5.26. The highest BCUT2D eigenvalue weighted by Gasteiger charge is 2.48. The smallest absolute Gasteiger partial charge is 0.175 e. The van der Waals surface area contributed by atoms with Crippen molar-refractivity contribution < 1.29 is 29.1 Å². The Labute approximate surface area is 111 Å². The van der Waals surface area contributed by atoms with Gasteiger partial charge in [0.25, 0.3) is 0 Å². The monoisotopic (exact) mass is 275 g/mol. The number of aliphatic hydroxyl groups is 1. The number of hydrogen-bond acceptors (Lipinski definition) is 7. The van der Waals surface area contributed by atoms with E-state index in [1.54, 1.807) is 6.92 Å². The van der Waals surface area contributed by atoms with E-state index < -0.39 is 24.5 Å². The second-order valence-corrected chi connectivity index (χ2v) is 4.99. The van der Waals surface area contributed by atoms with E-state index in [4.69, 9.17) is 25.0 Å². The van der Waals surface area contributed by atoms with Gasteiger partial charge >= 0.3 is 0 Å². The van der Waals surface area contributed by atoms with Crippen LogP contribution in [0.3, 0.4) is 0 Å². The van der Waals surface area contributed by atoms with Crippen LogP contribution >= 0.6 is 0 Å². The highest BCUT2D eigenvalue weighted by atomic mass is 17.2. The molecule has 0 aromatic rings. The molecule has 2 saturated heterocycles. The van der Waals surface area contributed by atoms with Crippen molar-refractivity contribution in [3.05, 3.63) is 0 Å². The van der Waals surface area contributed by atoms with Gasteiger partial charge < -0.3 is 25.1 Å². The first-order valence-corrected chi connectivity index (χ1v) is 6.58. The minimum atomic E-state index is -0.872. The summed E-state index contributed by atoms with van der Waals surface area (Å²) in [6, 6.07) is -0.671. The zero-order valence-corrected chi connectivity index (χ0v) is 11.0. The second-order valence-electron chi connectivity index (χ2n) is 4.99. The number of ether oxygens (including phenoxy) is 2. The highest BCUT2D eigenvalue weighted by Crippen LogP contribution is 2.27. The fourth-order valence-electron chi connectivity index (χ4n) is 2.20. The molecule has 2 aliphatic heterocycles. The average molecular weight is 275 g/mol. The molecule has 0 aromatic heterocycles. The van der Waals surface area contributed by atoms with Crippen LogP contribution in [-0.2, 0) is 24.0 Å². The summed E-state index contributed by atoms with van der Waals surface area (Å²) >= 11 is 0. The summed E-state index contributed by atoms with van der Waals surface area (Å²) in [5.74, 6) is 0.170. The molecule has 2 unspecified atom stereocenters. The lowest BCUT2D eigenvalue weighted by atomic mass is 9.98. The lowest BCUT2D eigenvalue weighted by molar-refractivity contribution is -0.307. The SMILES string of the molecule is CC(=O)CCCCOC1OC2COO[C@@H]2[C@H](O)[C@@H]1N. The van der Waals surface area contributed by atoms with Gasteiger partial charge in [-0.1, -0.05) is 0 Å². The molecule has 5 atom stereocenters. The Morgan fingerprint density at radius 3 is 3.00 bits per heavy atom. The maximum atomic E-state index is 10.8. The molecule has 2 aliphatic rings. The molecule has 0 saturated carbocycles. The van der Waals surface area contributed by atoms with Crippen LogP contribution in [0.4, 0.5) is 0 Å². The Balaban J connectivity index is 1.72. The first-order chi connectivity index (χ1) is 9.09. The zero-order valence-electron chi connectivity index (χ0n) is 11.0. The van der Waals surface area contributed by atoms with Gasteiger partial charge in [0.1, 0.15) is 30.7 Å². The fraction of sp³-hybridized carbons (Fsp3) is 0.917. The van der Waals surface area contributed by atoms with Crippen LogP contribution in [0.2, 0.25) is 0 Å². The molecule has 19 heavy (non-hydrogen) atoms. The standard InChI is InChI=1S/C12H21NO6/c1-7(14)4-2-3-5-16-12-9(13)10(15)11-8(18-12)6-17-19-11/h8-12,15H,2-6,13H2,1H3/t8?,9-,10+,11-,12?/m0/s1. The quantitative estimate of drug-likeness (QED) is 0.498. The largest absolute Gasteiger partial charge is 0.388 e. The van der Waals surface area contributed by atoms with Crippen molar-refractivity contribution in [3.63, 3.8) is 0 Å². The zero-order chi connectivity index (χ0) is 13.8. The summed E-state index contributed by atoms with van der Waals surface area (Å²) in [4.78, 5) is 20.5. The maximum absolute atomic E-state index is 10.8. The van der Waals surface area contributed by atoms with E-state index in [2.05, 4.69) is 0 Å². The minimum absolute atomic E-state index is 0.170. The molecule has 0 amide bonds. The van der Waals surface area contributed by atoms with Crippen molar-refractivity contribution >= 4 is 5.78 Å². The maximum Gasteiger partial charge on any atom is 0.175 e. The van der Waals surface area contributed by atoms with Crippen LogP contribution in [0.5, 0.6) is 0 Å². The molecule has 7 heteroatoms. The number of ketones is 1. The second kappa shape index (κ2) is 6.74. The van der Waals surface area contributed by atoms with Crippen LogP contribution in [-0.4, -0.2) is 54.7 Å². The van der Waals surface area contributed by atoms with Gasteiger partial charge in [0, 0.05) is 13.0 Å². The van der Waals surface area contributed by atoms with Crippen LogP contribution in [0.15, 0.2) is 0 Å². The molecule has 0 spiro atoms. The first kappa shape index (κ1) is 14.8. The molecule has 2 heterocycles. The number of unbranched alkanes of at least 4 members (excludes halogenated alkanes) is 1. The van der Waals surface area contributed by atoms with E-state index in [1.807, 2.05) is 0 Å². The molecule has 7 nitrogen and oxygen atoms in total. The number of carbonyl (C=O) groups is 1. The number of carbonyl (C=O) groups excluding carboxylic acids is 1. The van der Waals surface area contributed by atoms with E-state index in [9.17, 15) is 9.90 Å². The first-order valence-electron chi connectivity index (χ1n) is 6.58. The van der Waals surface area contributed by atoms with Gasteiger partial charge in [-0.15, -0.1) is 0 Å². The van der Waals surface area contributed by atoms with Gasteiger partial charge in [0.2, 0.25) is 0 Å². The van der Waals surface area contributed by atoms with E-state index in [-0.39, 0.29) is 18.5 Å². The summed E-state index contributed by atoms with van der Waals surface area (Å²) < 4.78 is 11.1. The number of nitrogens with two attached hydrogens (primary N) is 1. The third-order valence-electron chi connectivity index (χ3n) is 3.34. The van der Waals surface area contributed by atoms with Crippen molar-refractivity contribution in [2.24, 2.45) is 5.73 Å². The highest BCUT2D eigenvalue weighted by molar-refractivity contribution is 5.75. The average Bonchev–Trinajstić information content (AvgIpc) is 2.82. The summed E-state index contributed by atoms with van der Waals surface area (Å²) in [5.41, 5.74) is 5.85. The number of rotatable bonds is 6. The third-order valence-corrected chi connectivity index (χ3v) is 3.34. The number of Topliss-reactive ketones (excluding diaryl/α,β-unsaturated/α-hetero) is 1. The van der Waals surface area contributed by atoms with E-state index in [1.165, 1.54) is 0 Å². The van der Waals surface area contributed by atoms with Gasteiger partial charge in [-0.3, -0.25) is 0 Å². The summed E-state index contributed by atoms with van der Waals surface area (Å²) in [6.07, 6.45) is -0.357. The third kappa shape index (κ3) is 3.71. The predicted molar refractivity (Wildman–Crippen MR) is 64.0 cm³/mol. The molecule has 3 N–H and O–H groups in total.